The molecule has 2 aromatic carbocycles. The number of aromatic nitrogens is 2. The van der Waals surface area contributed by atoms with Crippen molar-refractivity contribution >= 4 is 12.0 Å². The van der Waals surface area contributed by atoms with Crippen LogP contribution in [0.1, 0.15) is 49.8 Å². The van der Waals surface area contributed by atoms with E-state index >= 15 is 0 Å². The van der Waals surface area contributed by atoms with E-state index in [1.54, 1.807) is 69.7 Å². The fourth-order valence-electron chi connectivity index (χ4n) is 3.54. The van der Waals surface area contributed by atoms with E-state index < -0.39 is 12.1 Å². The molecule has 1 atom stereocenters. The summed E-state index contributed by atoms with van der Waals surface area (Å²) in [5, 5.41) is 2.77. The molecule has 32 heavy (non-hydrogen) atoms. The summed E-state index contributed by atoms with van der Waals surface area (Å²) in [5.41, 5.74) is 4.12. The molecule has 0 bridgehead atoms. The first-order valence-corrected chi connectivity index (χ1v) is 10.1. The summed E-state index contributed by atoms with van der Waals surface area (Å²) in [7, 11) is 0. The Hall–Kier alpha value is -3.48. The molecule has 0 aliphatic carbocycles. The van der Waals surface area contributed by atoms with E-state index in [0.717, 1.165) is 17.2 Å². The van der Waals surface area contributed by atoms with Crippen LogP contribution in [0.15, 0.2) is 61.1 Å². The molecule has 1 heterocycles. The Morgan fingerprint density at radius 1 is 1.06 bits per heavy atom. The smallest absolute Gasteiger partial charge is 0.346 e. The second-order valence-electron chi connectivity index (χ2n) is 7.75. The third-order valence-electron chi connectivity index (χ3n) is 4.98. The van der Waals surface area contributed by atoms with Gasteiger partial charge in [0.25, 0.3) is 5.91 Å². The number of nitrogens with one attached hydrogen (secondary N) is 1. The van der Waals surface area contributed by atoms with Gasteiger partial charge in [0.1, 0.15) is 0 Å². The highest BCUT2D eigenvalue weighted by molar-refractivity contribution is 5.95. The number of hydrogen-bond acceptors (Lipinski definition) is 3. The lowest BCUT2D eigenvalue weighted by Crippen LogP contribution is -2.24. The van der Waals surface area contributed by atoms with Gasteiger partial charge in [0.2, 0.25) is 0 Å². The van der Waals surface area contributed by atoms with Crippen LogP contribution in [0.3, 0.4) is 0 Å². The average molecular weight is 439 g/mol. The maximum Gasteiger partial charge on any atom is 0.399 e. The number of alkyl halides is 3. The molecule has 0 aliphatic heterocycles. The van der Waals surface area contributed by atoms with Gasteiger partial charge in [-0.2, -0.15) is 13.2 Å². The number of nitrogens with zero attached hydrogens (tertiary/aromatic N) is 2. The topological polar surface area (TPSA) is 54.9 Å². The van der Waals surface area contributed by atoms with Gasteiger partial charge in [-0.05, 0) is 43.5 Å². The Labute approximate surface area is 185 Å². The van der Waals surface area contributed by atoms with Crippen LogP contribution in [0, 0.1) is 20.8 Å². The first kappa shape index (κ1) is 23.2. The monoisotopic (exact) mass is 439 g/mol. The van der Waals surface area contributed by atoms with Crippen LogP contribution in [0.2, 0.25) is 0 Å². The molecule has 0 saturated heterocycles. The fraction of sp³-hybridized carbons (Fsp3) is 0.240. The molecule has 1 N–H and O–H groups in total. The van der Waals surface area contributed by atoms with Gasteiger partial charge in [-0.3, -0.25) is 14.8 Å². The number of benzene rings is 2. The van der Waals surface area contributed by atoms with Gasteiger partial charge in [0.15, 0.2) is 0 Å². The van der Waals surface area contributed by atoms with Crippen molar-refractivity contribution in [1.29, 1.82) is 0 Å². The van der Waals surface area contributed by atoms with Crippen molar-refractivity contribution in [3.8, 4) is 0 Å². The second-order valence-corrected chi connectivity index (χ2v) is 7.75. The predicted molar refractivity (Wildman–Crippen MR) is 118 cm³/mol. The molecule has 4 nitrogen and oxygen atoms in total. The van der Waals surface area contributed by atoms with Crippen molar-refractivity contribution in [2.75, 3.05) is 0 Å². The van der Waals surface area contributed by atoms with E-state index in [-0.39, 0.29) is 18.0 Å². The Kier molecular flexibility index (Phi) is 7.08. The Morgan fingerprint density at radius 3 is 2.38 bits per heavy atom. The first-order chi connectivity index (χ1) is 15.1. The summed E-state index contributed by atoms with van der Waals surface area (Å²) in [5.74, 6) is -2.00. The molecule has 0 saturated carbocycles. The number of rotatable bonds is 6. The Bertz CT molecular complexity index is 1100. The number of carbonyl (C=O) groups excluding carboxylic acids is 1. The lowest BCUT2D eigenvalue weighted by Gasteiger charge is -2.18. The number of aryl methyl sites for hydroxylation is 3. The van der Waals surface area contributed by atoms with E-state index in [2.05, 4.69) is 15.3 Å². The lowest BCUT2D eigenvalue weighted by atomic mass is 9.93. The maximum absolute atomic E-state index is 13.7. The number of carbonyl (C=O) groups is 1. The third-order valence-corrected chi connectivity index (χ3v) is 4.98. The van der Waals surface area contributed by atoms with Crippen LogP contribution < -0.4 is 5.32 Å². The molecule has 7 heteroatoms. The highest BCUT2D eigenvalue weighted by Crippen LogP contribution is 2.37. The van der Waals surface area contributed by atoms with Crippen molar-refractivity contribution in [3.05, 3.63) is 100 Å². The van der Waals surface area contributed by atoms with Crippen LogP contribution in [-0.4, -0.2) is 22.1 Å². The lowest BCUT2D eigenvalue weighted by molar-refractivity contribution is -0.139. The van der Waals surface area contributed by atoms with Crippen molar-refractivity contribution in [3.63, 3.8) is 0 Å². The minimum absolute atomic E-state index is 0.211. The number of amides is 1. The van der Waals surface area contributed by atoms with Crippen molar-refractivity contribution in [2.24, 2.45) is 0 Å². The van der Waals surface area contributed by atoms with Crippen LogP contribution in [0.5, 0.6) is 0 Å². The zero-order valence-corrected chi connectivity index (χ0v) is 18.1. The molecular formula is C25H24F3N3O. The minimum Gasteiger partial charge on any atom is -0.346 e. The van der Waals surface area contributed by atoms with Crippen molar-refractivity contribution in [2.45, 2.75) is 39.4 Å². The number of allylic oxidation sites excluding steroid dienone is 1. The number of hydrogen-bond donors (Lipinski definition) is 1. The highest BCUT2D eigenvalue weighted by atomic mass is 19.4. The molecule has 0 radical (unpaired) electrons. The van der Waals surface area contributed by atoms with Gasteiger partial charge >= 0.3 is 6.18 Å². The molecule has 1 amide bonds. The predicted octanol–water partition coefficient (Wildman–Crippen LogP) is 5.69. The summed E-state index contributed by atoms with van der Waals surface area (Å²) in [4.78, 5) is 20.5. The number of halogens is 3. The summed E-state index contributed by atoms with van der Waals surface area (Å²) in [6, 6.07) is 9.91. The maximum atomic E-state index is 13.7. The molecule has 1 aromatic heterocycles. The molecule has 0 fully saturated rings. The van der Waals surface area contributed by atoms with Gasteiger partial charge in [-0.15, -0.1) is 0 Å². The third kappa shape index (κ3) is 6.03. The molecule has 3 rings (SSSR count). The second kappa shape index (κ2) is 9.77. The van der Waals surface area contributed by atoms with Gasteiger partial charge in [-0.25, -0.2) is 0 Å². The normalized spacial score (nSPS) is 12.7. The standard InChI is InChI=1S/C25H24F3N3O/c1-16-10-17(2)12-20(11-16)23(25(26,27)28)7-5-19-4-6-22(18(3)13-19)24(32)31-15-21-14-29-8-9-30-21/h4-14,23H,15H2,1-3H3,(H,31,32)/b7-5+. The van der Waals surface area contributed by atoms with Gasteiger partial charge < -0.3 is 5.32 Å². The van der Waals surface area contributed by atoms with E-state index in [9.17, 15) is 18.0 Å². The van der Waals surface area contributed by atoms with Gasteiger partial charge in [0.05, 0.1) is 24.4 Å². The summed E-state index contributed by atoms with van der Waals surface area (Å²) >= 11 is 0. The Morgan fingerprint density at radius 2 is 1.78 bits per heavy atom. The van der Waals surface area contributed by atoms with Crippen LogP contribution in [-0.2, 0) is 6.54 Å². The van der Waals surface area contributed by atoms with Crippen molar-refractivity contribution < 1.29 is 18.0 Å². The largest absolute Gasteiger partial charge is 0.399 e. The summed E-state index contributed by atoms with van der Waals surface area (Å²) < 4.78 is 41.2. The van der Waals surface area contributed by atoms with Gasteiger partial charge in [-0.1, -0.05) is 53.6 Å². The van der Waals surface area contributed by atoms with Crippen molar-refractivity contribution in [1.82, 2.24) is 15.3 Å². The molecule has 166 valence electrons. The van der Waals surface area contributed by atoms with E-state index in [4.69, 9.17) is 0 Å². The fourth-order valence-corrected chi connectivity index (χ4v) is 3.54. The van der Waals surface area contributed by atoms with Crippen LogP contribution in [0.25, 0.3) is 6.08 Å². The summed E-state index contributed by atoms with van der Waals surface area (Å²) in [6.45, 7) is 5.55. The molecule has 0 aliphatic rings. The summed E-state index contributed by atoms with van der Waals surface area (Å²) in [6.07, 6.45) is 2.85. The molecule has 1 unspecified atom stereocenters. The molecule has 3 aromatic rings. The van der Waals surface area contributed by atoms with E-state index in [0.29, 0.717) is 22.4 Å². The average Bonchev–Trinajstić information content (AvgIpc) is 2.71. The zero-order valence-electron chi connectivity index (χ0n) is 18.1. The zero-order chi connectivity index (χ0) is 23.3. The van der Waals surface area contributed by atoms with Gasteiger partial charge in [0, 0.05) is 18.0 Å². The minimum atomic E-state index is -4.41. The highest BCUT2D eigenvalue weighted by Gasteiger charge is 2.39. The van der Waals surface area contributed by atoms with Crippen LogP contribution in [0.4, 0.5) is 13.2 Å². The molecule has 0 spiro atoms. The van der Waals surface area contributed by atoms with Crippen LogP contribution >= 0.6 is 0 Å². The Balaban J connectivity index is 1.77. The molecular weight excluding hydrogens is 415 g/mol. The van der Waals surface area contributed by atoms with E-state index in [1.807, 2.05) is 6.07 Å². The quantitative estimate of drug-likeness (QED) is 0.537. The van der Waals surface area contributed by atoms with E-state index in [1.165, 1.54) is 6.08 Å². The first-order valence-electron chi connectivity index (χ1n) is 10.1. The SMILES string of the molecule is Cc1cc(C)cc(C(/C=C/c2ccc(C(=O)NCc3cnccn3)c(C)c2)C(F)(F)F)c1.